The second kappa shape index (κ2) is 6.64. The average molecular weight is 372 g/mol. The fraction of sp³-hybridized carbons (Fsp3) is 0.227. The Labute approximate surface area is 162 Å². The number of para-hydroxylation sites is 1. The number of benzene rings is 2. The van der Waals surface area contributed by atoms with Crippen molar-refractivity contribution in [1.82, 2.24) is 14.9 Å². The minimum atomic E-state index is -0.484. The Hall–Kier alpha value is -3.41. The van der Waals surface area contributed by atoms with Gasteiger partial charge in [-0.2, -0.15) is 5.10 Å². The van der Waals surface area contributed by atoms with Crippen LogP contribution in [-0.4, -0.2) is 45.5 Å². The highest BCUT2D eigenvalue weighted by molar-refractivity contribution is 5.97. The van der Waals surface area contributed by atoms with Gasteiger partial charge in [-0.15, -0.1) is 0 Å². The first-order valence-corrected chi connectivity index (χ1v) is 9.46. The predicted molar refractivity (Wildman–Crippen MR) is 107 cm³/mol. The van der Waals surface area contributed by atoms with Crippen molar-refractivity contribution in [2.24, 2.45) is 5.10 Å². The third kappa shape index (κ3) is 2.78. The number of hydrazone groups is 1. The first-order valence-electron chi connectivity index (χ1n) is 9.46. The van der Waals surface area contributed by atoms with Crippen molar-refractivity contribution in [3.8, 4) is 0 Å². The molecule has 0 saturated carbocycles. The molecule has 2 aromatic carbocycles. The molecule has 2 aliphatic heterocycles. The van der Waals surface area contributed by atoms with E-state index in [0.717, 1.165) is 27.7 Å². The van der Waals surface area contributed by atoms with Gasteiger partial charge in [0.05, 0.1) is 6.54 Å². The van der Waals surface area contributed by atoms with Crippen molar-refractivity contribution < 1.29 is 9.59 Å². The molecule has 0 aliphatic carbocycles. The first kappa shape index (κ1) is 16.7. The van der Waals surface area contributed by atoms with E-state index in [1.165, 1.54) is 5.01 Å². The molecule has 0 bridgehead atoms. The average Bonchev–Trinajstić information content (AvgIpc) is 3.09. The van der Waals surface area contributed by atoms with Crippen LogP contribution in [0.5, 0.6) is 0 Å². The number of fused-ring (bicyclic) bond motifs is 4. The highest BCUT2D eigenvalue weighted by Crippen LogP contribution is 2.32. The molecule has 2 aliphatic rings. The monoisotopic (exact) mass is 372 g/mol. The van der Waals surface area contributed by atoms with Crippen molar-refractivity contribution in [2.75, 3.05) is 6.54 Å². The zero-order valence-corrected chi connectivity index (χ0v) is 15.3. The van der Waals surface area contributed by atoms with Gasteiger partial charge >= 0.3 is 0 Å². The molecule has 0 radical (unpaired) electrons. The fourth-order valence-corrected chi connectivity index (χ4v) is 4.12. The van der Waals surface area contributed by atoms with Crippen LogP contribution < -0.4 is 0 Å². The molecule has 6 nitrogen and oxygen atoms in total. The number of rotatable bonds is 3. The number of amides is 2. The van der Waals surface area contributed by atoms with Crippen molar-refractivity contribution in [3.05, 3.63) is 71.4 Å². The SMILES string of the molecule is O=C1[C@@H]2Cc3c([nH]c4ccccc34)CN2C(=O)CN1/N=C/Cc1ccccc1. The maximum Gasteiger partial charge on any atom is 0.266 e. The van der Waals surface area contributed by atoms with Gasteiger partial charge in [0.2, 0.25) is 5.91 Å². The van der Waals surface area contributed by atoms with Crippen molar-refractivity contribution in [3.63, 3.8) is 0 Å². The lowest BCUT2D eigenvalue weighted by molar-refractivity contribution is -0.157. The quantitative estimate of drug-likeness (QED) is 0.718. The number of H-pyrrole nitrogens is 1. The molecule has 28 heavy (non-hydrogen) atoms. The van der Waals surface area contributed by atoms with Gasteiger partial charge in [-0.3, -0.25) is 9.59 Å². The molecule has 5 rings (SSSR count). The number of nitrogens with one attached hydrogen (secondary N) is 1. The summed E-state index contributed by atoms with van der Waals surface area (Å²) in [5.74, 6) is -0.175. The molecule has 0 unspecified atom stereocenters. The van der Waals surface area contributed by atoms with Crippen molar-refractivity contribution in [2.45, 2.75) is 25.4 Å². The number of carbonyl (C=O) groups is 2. The van der Waals surface area contributed by atoms with Crippen LogP contribution in [0.15, 0.2) is 59.7 Å². The first-order chi connectivity index (χ1) is 13.7. The van der Waals surface area contributed by atoms with Gasteiger partial charge in [0.1, 0.15) is 12.6 Å². The minimum absolute atomic E-state index is 0.00378. The highest BCUT2D eigenvalue weighted by Gasteiger charge is 2.43. The zero-order chi connectivity index (χ0) is 19.1. The summed E-state index contributed by atoms with van der Waals surface area (Å²) in [6.07, 6.45) is 2.85. The number of hydrogen-bond donors (Lipinski definition) is 1. The van der Waals surface area contributed by atoms with Crippen molar-refractivity contribution in [1.29, 1.82) is 0 Å². The van der Waals surface area contributed by atoms with E-state index < -0.39 is 6.04 Å². The van der Waals surface area contributed by atoms with Gasteiger partial charge < -0.3 is 9.88 Å². The van der Waals surface area contributed by atoms with E-state index >= 15 is 0 Å². The maximum absolute atomic E-state index is 13.0. The smallest absolute Gasteiger partial charge is 0.266 e. The summed E-state index contributed by atoms with van der Waals surface area (Å²) in [4.78, 5) is 30.8. The summed E-state index contributed by atoms with van der Waals surface area (Å²) in [7, 11) is 0. The van der Waals surface area contributed by atoms with E-state index in [-0.39, 0.29) is 18.4 Å². The summed E-state index contributed by atoms with van der Waals surface area (Å²) < 4.78 is 0. The minimum Gasteiger partial charge on any atom is -0.357 e. The summed E-state index contributed by atoms with van der Waals surface area (Å²) in [6, 6.07) is 17.5. The van der Waals surface area contributed by atoms with Gasteiger partial charge in [-0.05, 0) is 17.2 Å². The molecular weight excluding hydrogens is 352 g/mol. The molecule has 0 spiro atoms. The number of aromatic amines is 1. The highest BCUT2D eigenvalue weighted by atomic mass is 16.2. The van der Waals surface area contributed by atoms with Gasteiger partial charge in [-0.25, -0.2) is 5.01 Å². The molecule has 1 fully saturated rings. The number of hydrogen-bond acceptors (Lipinski definition) is 3. The summed E-state index contributed by atoms with van der Waals surface area (Å²) in [5.41, 5.74) is 4.32. The van der Waals surface area contributed by atoms with Gasteiger partial charge in [0.25, 0.3) is 5.91 Å². The largest absolute Gasteiger partial charge is 0.357 e. The number of nitrogens with zero attached hydrogens (tertiary/aromatic N) is 3. The van der Waals surface area contributed by atoms with Gasteiger partial charge in [0, 0.05) is 35.7 Å². The predicted octanol–water partition coefficient (Wildman–Crippen LogP) is 2.49. The molecule has 1 saturated heterocycles. The van der Waals surface area contributed by atoms with Crippen LogP contribution in [0.2, 0.25) is 0 Å². The van der Waals surface area contributed by atoms with Crippen LogP contribution in [0.3, 0.4) is 0 Å². The van der Waals surface area contributed by atoms with Crippen LogP contribution in [0.4, 0.5) is 0 Å². The third-order valence-corrected chi connectivity index (χ3v) is 5.54. The fourth-order valence-electron chi connectivity index (χ4n) is 4.12. The van der Waals surface area contributed by atoms with Crippen molar-refractivity contribution >= 4 is 28.9 Å². The van der Waals surface area contributed by atoms with E-state index in [2.05, 4.69) is 16.2 Å². The molecule has 3 heterocycles. The molecule has 1 atom stereocenters. The van der Waals surface area contributed by atoms with E-state index in [9.17, 15) is 9.59 Å². The van der Waals surface area contributed by atoms with E-state index in [1.54, 1.807) is 11.1 Å². The van der Waals surface area contributed by atoms with E-state index in [4.69, 9.17) is 0 Å². The topological polar surface area (TPSA) is 68.8 Å². The Balaban J connectivity index is 1.39. The molecule has 1 aromatic heterocycles. The number of carbonyl (C=O) groups excluding carboxylic acids is 2. The lowest BCUT2D eigenvalue weighted by Crippen LogP contribution is -2.60. The third-order valence-electron chi connectivity index (χ3n) is 5.54. The summed E-state index contributed by atoms with van der Waals surface area (Å²) >= 11 is 0. The van der Waals surface area contributed by atoms with Gasteiger partial charge in [-0.1, -0.05) is 48.5 Å². The summed E-state index contributed by atoms with van der Waals surface area (Å²) in [6.45, 7) is 0.441. The number of piperazine rings is 1. The van der Waals surface area contributed by atoms with E-state index in [1.807, 2.05) is 48.5 Å². The Morgan fingerprint density at radius 2 is 1.82 bits per heavy atom. The Kier molecular flexibility index (Phi) is 3.97. The normalized spacial score (nSPS) is 19.4. The summed E-state index contributed by atoms with van der Waals surface area (Å²) in [5, 5.41) is 6.76. The standard InChI is InChI=1S/C22H20N4O2/c27-21-14-26(23-11-10-15-6-2-1-3-7-15)22(28)20-12-17-16-8-4-5-9-18(16)24-19(17)13-25(20)21/h1-9,11,20,24H,10,12-14H2/b23-11+/t20-/m0/s1. The molecule has 2 amide bonds. The Morgan fingerprint density at radius 3 is 2.68 bits per heavy atom. The maximum atomic E-state index is 13.0. The molecule has 3 aromatic rings. The second-order valence-electron chi connectivity index (χ2n) is 7.25. The lowest BCUT2D eigenvalue weighted by Gasteiger charge is -2.40. The van der Waals surface area contributed by atoms with Crippen LogP contribution in [0, 0.1) is 0 Å². The Bertz CT molecular complexity index is 1090. The lowest BCUT2D eigenvalue weighted by atomic mass is 9.94. The molecule has 6 heteroatoms. The Morgan fingerprint density at radius 1 is 1.04 bits per heavy atom. The van der Waals surface area contributed by atoms with Crippen LogP contribution >= 0.6 is 0 Å². The molecule has 1 N–H and O–H groups in total. The van der Waals surface area contributed by atoms with Crippen LogP contribution in [-0.2, 0) is 29.0 Å². The zero-order valence-electron chi connectivity index (χ0n) is 15.3. The van der Waals surface area contributed by atoms with Gasteiger partial charge in [0.15, 0.2) is 0 Å². The molecular formula is C22H20N4O2. The van der Waals surface area contributed by atoms with Crippen LogP contribution in [0.1, 0.15) is 16.8 Å². The second-order valence-corrected chi connectivity index (χ2v) is 7.25. The van der Waals surface area contributed by atoms with E-state index in [0.29, 0.717) is 19.4 Å². The van der Waals surface area contributed by atoms with Crippen LogP contribution in [0.25, 0.3) is 10.9 Å². The number of aromatic nitrogens is 1. The molecule has 140 valence electrons.